The molecule has 0 bridgehead atoms. The van der Waals surface area contributed by atoms with Crippen LogP contribution in [0.4, 0.5) is 0 Å². The molecule has 4 heteroatoms. The summed E-state index contributed by atoms with van der Waals surface area (Å²) in [7, 11) is 0. The fourth-order valence-electron chi connectivity index (χ4n) is 3.46. The Balaban J connectivity index is 1.59. The van der Waals surface area contributed by atoms with Crippen molar-refractivity contribution in [2.45, 2.75) is 25.0 Å². The first-order chi connectivity index (χ1) is 12.2. The Morgan fingerprint density at radius 3 is 2.56 bits per heavy atom. The number of hydrogen-bond acceptors (Lipinski definition) is 3. The van der Waals surface area contributed by atoms with E-state index in [0.717, 1.165) is 29.3 Å². The molecule has 1 heterocycles. The third-order valence-electron chi connectivity index (χ3n) is 4.92. The zero-order valence-electron chi connectivity index (χ0n) is 13.8. The Morgan fingerprint density at radius 2 is 1.80 bits per heavy atom. The fraction of sp³-hybridized carbons (Fsp3) is 0.238. The van der Waals surface area contributed by atoms with E-state index in [-0.39, 0.29) is 24.0 Å². The first-order valence-corrected chi connectivity index (χ1v) is 8.59. The number of benzene rings is 2. The first-order valence-electron chi connectivity index (χ1n) is 8.59. The molecule has 1 amide bonds. The van der Waals surface area contributed by atoms with Crippen molar-refractivity contribution in [1.29, 1.82) is 0 Å². The number of pyridine rings is 1. The van der Waals surface area contributed by atoms with Gasteiger partial charge in [0.05, 0.1) is 23.2 Å². The van der Waals surface area contributed by atoms with E-state index >= 15 is 0 Å². The molecule has 0 radical (unpaired) electrons. The van der Waals surface area contributed by atoms with Gasteiger partial charge in [-0.15, -0.1) is 0 Å². The van der Waals surface area contributed by atoms with Gasteiger partial charge in [0.15, 0.2) is 0 Å². The van der Waals surface area contributed by atoms with Gasteiger partial charge >= 0.3 is 0 Å². The first kappa shape index (κ1) is 15.8. The number of rotatable bonds is 4. The second kappa shape index (κ2) is 6.65. The number of amides is 1. The molecule has 0 spiro atoms. The summed E-state index contributed by atoms with van der Waals surface area (Å²) in [6.07, 6.45) is 2.80. The number of aliphatic hydroxyl groups is 1. The van der Waals surface area contributed by atoms with Gasteiger partial charge in [-0.05, 0) is 36.5 Å². The standard InChI is InChI=1S/C21H20N2O2/c24-18-11-16(12-18)20(14-6-2-1-3-7-14)23-21(25)17-10-15-8-4-5-9-19(15)22-13-17/h1-10,13,16,18,20,24H,11-12H2,(H,23,25)/t16?,18?,20-/m0/s1. The summed E-state index contributed by atoms with van der Waals surface area (Å²) >= 11 is 0. The minimum absolute atomic E-state index is 0.0939. The Hall–Kier alpha value is -2.72. The summed E-state index contributed by atoms with van der Waals surface area (Å²) in [5, 5.41) is 13.8. The molecule has 0 unspecified atom stereocenters. The van der Waals surface area contributed by atoms with E-state index in [1.165, 1.54) is 0 Å². The maximum atomic E-state index is 12.8. The van der Waals surface area contributed by atoms with Crippen molar-refractivity contribution in [3.63, 3.8) is 0 Å². The fourth-order valence-corrected chi connectivity index (χ4v) is 3.46. The number of aliphatic hydroxyl groups excluding tert-OH is 1. The largest absolute Gasteiger partial charge is 0.393 e. The van der Waals surface area contributed by atoms with Crippen LogP contribution < -0.4 is 5.32 Å². The summed E-state index contributed by atoms with van der Waals surface area (Å²) < 4.78 is 0. The Labute approximate surface area is 146 Å². The molecule has 0 aliphatic heterocycles. The van der Waals surface area contributed by atoms with Gasteiger partial charge in [-0.25, -0.2) is 0 Å². The van der Waals surface area contributed by atoms with Gasteiger partial charge in [0.25, 0.3) is 5.91 Å². The molecule has 1 aliphatic carbocycles. The lowest BCUT2D eigenvalue weighted by Crippen LogP contribution is -2.41. The van der Waals surface area contributed by atoms with E-state index in [2.05, 4.69) is 10.3 Å². The molecule has 25 heavy (non-hydrogen) atoms. The highest BCUT2D eigenvalue weighted by atomic mass is 16.3. The third-order valence-corrected chi connectivity index (χ3v) is 4.92. The monoisotopic (exact) mass is 332 g/mol. The van der Waals surface area contributed by atoms with Crippen LogP contribution in [0.15, 0.2) is 66.9 Å². The summed E-state index contributed by atoms with van der Waals surface area (Å²) in [5.41, 5.74) is 2.50. The molecule has 126 valence electrons. The van der Waals surface area contributed by atoms with Crippen LogP contribution in [0, 0.1) is 5.92 Å². The van der Waals surface area contributed by atoms with E-state index in [4.69, 9.17) is 0 Å². The lowest BCUT2D eigenvalue weighted by atomic mass is 9.75. The lowest BCUT2D eigenvalue weighted by molar-refractivity contribution is 0.0235. The van der Waals surface area contributed by atoms with Gasteiger partial charge in [0, 0.05) is 11.6 Å². The van der Waals surface area contributed by atoms with Gasteiger partial charge in [-0.1, -0.05) is 48.5 Å². The molecular formula is C21H20N2O2. The number of aromatic nitrogens is 1. The topological polar surface area (TPSA) is 62.2 Å². The predicted molar refractivity (Wildman–Crippen MR) is 97.1 cm³/mol. The van der Waals surface area contributed by atoms with Gasteiger partial charge < -0.3 is 10.4 Å². The molecule has 4 rings (SSSR count). The van der Waals surface area contributed by atoms with Crippen molar-refractivity contribution in [1.82, 2.24) is 10.3 Å². The molecule has 1 aliphatic rings. The molecule has 1 atom stereocenters. The Morgan fingerprint density at radius 1 is 1.08 bits per heavy atom. The van der Waals surface area contributed by atoms with E-state index in [0.29, 0.717) is 5.56 Å². The molecule has 1 saturated carbocycles. The molecular weight excluding hydrogens is 312 g/mol. The van der Waals surface area contributed by atoms with Crippen LogP contribution in [0.5, 0.6) is 0 Å². The number of hydrogen-bond donors (Lipinski definition) is 2. The third kappa shape index (κ3) is 3.26. The minimum Gasteiger partial charge on any atom is -0.393 e. The highest BCUT2D eigenvalue weighted by Crippen LogP contribution is 2.38. The number of fused-ring (bicyclic) bond motifs is 1. The average molecular weight is 332 g/mol. The van der Waals surface area contributed by atoms with Gasteiger partial charge in [0.1, 0.15) is 0 Å². The van der Waals surface area contributed by atoms with Crippen molar-refractivity contribution < 1.29 is 9.90 Å². The molecule has 2 aromatic carbocycles. The van der Waals surface area contributed by atoms with Crippen LogP contribution in [0.1, 0.15) is 34.8 Å². The smallest absolute Gasteiger partial charge is 0.253 e. The van der Waals surface area contributed by atoms with Crippen molar-refractivity contribution in [2.75, 3.05) is 0 Å². The maximum absolute atomic E-state index is 12.8. The van der Waals surface area contributed by atoms with Crippen LogP contribution >= 0.6 is 0 Å². The Kier molecular flexibility index (Phi) is 4.20. The molecule has 3 aromatic rings. The number of nitrogens with zero attached hydrogens (tertiary/aromatic N) is 1. The van der Waals surface area contributed by atoms with Gasteiger partial charge in [-0.3, -0.25) is 9.78 Å². The number of para-hydroxylation sites is 1. The molecule has 2 N–H and O–H groups in total. The predicted octanol–water partition coefficient (Wildman–Crippen LogP) is 3.48. The lowest BCUT2D eigenvalue weighted by Gasteiger charge is -2.38. The number of nitrogens with one attached hydrogen (secondary N) is 1. The van der Waals surface area contributed by atoms with Crippen LogP contribution in [-0.2, 0) is 0 Å². The molecule has 1 fully saturated rings. The quantitative estimate of drug-likeness (QED) is 0.769. The maximum Gasteiger partial charge on any atom is 0.253 e. The summed E-state index contributed by atoms with van der Waals surface area (Å²) in [5.74, 6) is 0.128. The SMILES string of the molecule is O=C(N[C@@H](c1ccccc1)C1CC(O)C1)c1cnc2ccccc2c1. The van der Waals surface area contributed by atoms with Crippen LogP contribution in [0.3, 0.4) is 0 Å². The number of carbonyl (C=O) groups excluding carboxylic acids is 1. The molecule has 0 saturated heterocycles. The van der Waals surface area contributed by atoms with Crippen LogP contribution in [0.25, 0.3) is 10.9 Å². The molecule has 4 nitrogen and oxygen atoms in total. The summed E-state index contributed by atoms with van der Waals surface area (Å²) in [4.78, 5) is 17.2. The van der Waals surface area contributed by atoms with Crippen molar-refractivity contribution >= 4 is 16.8 Å². The second-order valence-corrected chi connectivity index (χ2v) is 6.66. The second-order valence-electron chi connectivity index (χ2n) is 6.66. The minimum atomic E-state index is -0.254. The van der Waals surface area contributed by atoms with Gasteiger partial charge in [0.2, 0.25) is 0 Å². The molecule has 1 aromatic heterocycles. The van der Waals surface area contributed by atoms with Crippen molar-refractivity contribution in [2.24, 2.45) is 5.92 Å². The zero-order valence-corrected chi connectivity index (χ0v) is 13.8. The summed E-state index contributed by atoms with van der Waals surface area (Å²) in [6.45, 7) is 0. The van der Waals surface area contributed by atoms with Crippen LogP contribution in [0.2, 0.25) is 0 Å². The Bertz CT molecular complexity index is 889. The highest BCUT2D eigenvalue weighted by Gasteiger charge is 2.35. The highest BCUT2D eigenvalue weighted by molar-refractivity contribution is 5.97. The van der Waals surface area contributed by atoms with E-state index < -0.39 is 0 Å². The van der Waals surface area contributed by atoms with Crippen LogP contribution in [-0.4, -0.2) is 22.1 Å². The number of carbonyl (C=O) groups is 1. The van der Waals surface area contributed by atoms with E-state index in [1.807, 2.05) is 60.7 Å². The normalized spacial score (nSPS) is 20.7. The van der Waals surface area contributed by atoms with Crippen molar-refractivity contribution in [3.05, 3.63) is 78.0 Å². The summed E-state index contributed by atoms with van der Waals surface area (Å²) in [6, 6.07) is 19.5. The van der Waals surface area contributed by atoms with E-state index in [1.54, 1.807) is 6.20 Å². The average Bonchev–Trinajstić information content (AvgIpc) is 2.64. The van der Waals surface area contributed by atoms with E-state index in [9.17, 15) is 9.90 Å². The van der Waals surface area contributed by atoms with Crippen molar-refractivity contribution in [3.8, 4) is 0 Å². The van der Waals surface area contributed by atoms with Gasteiger partial charge in [-0.2, -0.15) is 0 Å². The zero-order chi connectivity index (χ0) is 17.2.